The SMILES string of the molecule is O=C1[C@@H]2C3c4ccccc4C(c4ccccc43)[C@@H]2C(=O)N1/N=C\c1ccc(O)cc1. The van der Waals surface area contributed by atoms with Crippen molar-refractivity contribution in [2.75, 3.05) is 0 Å². The number of carbonyl (C=O) groups excluding carboxylic acids is 2. The summed E-state index contributed by atoms with van der Waals surface area (Å²) in [6.45, 7) is 0. The van der Waals surface area contributed by atoms with Crippen molar-refractivity contribution in [2.24, 2.45) is 16.9 Å². The van der Waals surface area contributed by atoms with E-state index in [1.165, 1.54) is 6.21 Å². The van der Waals surface area contributed by atoms with E-state index in [9.17, 15) is 14.7 Å². The van der Waals surface area contributed by atoms with E-state index in [1.54, 1.807) is 24.3 Å². The van der Waals surface area contributed by atoms with E-state index in [0.29, 0.717) is 5.56 Å². The summed E-state index contributed by atoms with van der Waals surface area (Å²) in [6, 6.07) is 22.8. The normalized spacial score (nSPS) is 26.1. The maximum atomic E-state index is 13.4. The Bertz CT molecular complexity index is 1120. The number of phenols is 1. The number of hydrogen-bond donors (Lipinski definition) is 1. The van der Waals surface area contributed by atoms with Crippen LogP contribution in [0.4, 0.5) is 0 Å². The molecule has 0 spiro atoms. The van der Waals surface area contributed by atoms with Gasteiger partial charge in [-0.1, -0.05) is 48.5 Å². The third-order valence-corrected chi connectivity index (χ3v) is 6.64. The molecule has 1 fully saturated rings. The van der Waals surface area contributed by atoms with Gasteiger partial charge in [-0.25, -0.2) is 0 Å². The van der Waals surface area contributed by atoms with Crippen LogP contribution in [0, 0.1) is 11.8 Å². The Morgan fingerprint density at radius 2 is 1.13 bits per heavy atom. The molecule has 0 radical (unpaired) electrons. The summed E-state index contributed by atoms with van der Waals surface area (Å²) in [7, 11) is 0. The standard InChI is InChI=1S/C25H18N2O3/c28-15-11-9-14(10-12-15)13-26-27-24(29)22-20-16-5-1-2-6-17(16)21(23(22)25(27)30)19-8-4-3-7-18(19)20/h1-13,20-23,28H/b26-13-/t20?,21?,22-,23+. The molecule has 4 aliphatic rings. The van der Waals surface area contributed by atoms with Crippen LogP contribution < -0.4 is 0 Å². The molecule has 3 aliphatic carbocycles. The fourth-order valence-electron chi connectivity index (χ4n) is 5.46. The van der Waals surface area contributed by atoms with Crippen LogP contribution in [0.25, 0.3) is 0 Å². The molecule has 5 heteroatoms. The van der Waals surface area contributed by atoms with Crippen molar-refractivity contribution in [3.05, 3.63) is 101 Å². The number of hydrogen-bond acceptors (Lipinski definition) is 4. The maximum absolute atomic E-state index is 13.4. The summed E-state index contributed by atoms with van der Waals surface area (Å²) < 4.78 is 0. The van der Waals surface area contributed by atoms with Gasteiger partial charge < -0.3 is 5.11 Å². The van der Waals surface area contributed by atoms with Crippen molar-refractivity contribution in [3.63, 3.8) is 0 Å². The van der Waals surface area contributed by atoms with Gasteiger partial charge in [-0.3, -0.25) is 9.59 Å². The smallest absolute Gasteiger partial charge is 0.254 e. The lowest BCUT2D eigenvalue weighted by atomic mass is 9.55. The van der Waals surface area contributed by atoms with Crippen molar-refractivity contribution in [3.8, 4) is 5.75 Å². The van der Waals surface area contributed by atoms with Gasteiger partial charge in [-0.05, 0) is 52.1 Å². The molecule has 7 rings (SSSR count). The minimum absolute atomic E-state index is 0.127. The highest BCUT2D eigenvalue weighted by Gasteiger charge is 2.61. The van der Waals surface area contributed by atoms with Gasteiger partial charge in [0.15, 0.2) is 0 Å². The lowest BCUT2D eigenvalue weighted by molar-refractivity contribution is -0.139. The van der Waals surface area contributed by atoms with E-state index >= 15 is 0 Å². The summed E-state index contributed by atoms with van der Waals surface area (Å²) in [4.78, 5) is 26.8. The zero-order valence-electron chi connectivity index (χ0n) is 16.0. The summed E-state index contributed by atoms with van der Waals surface area (Å²) in [6.07, 6.45) is 1.49. The Morgan fingerprint density at radius 3 is 1.57 bits per heavy atom. The van der Waals surface area contributed by atoms with Crippen molar-refractivity contribution in [1.29, 1.82) is 0 Å². The lowest BCUT2D eigenvalue weighted by Gasteiger charge is -2.45. The summed E-state index contributed by atoms with van der Waals surface area (Å²) in [5.41, 5.74) is 5.29. The van der Waals surface area contributed by atoms with E-state index < -0.39 is 11.8 Å². The first kappa shape index (κ1) is 17.2. The molecule has 1 N–H and O–H groups in total. The van der Waals surface area contributed by atoms with E-state index in [2.05, 4.69) is 29.4 Å². The number of rotatable bonds is 2. The van der Waals surface area contributed by atoms with Crippen molar-refractivity contribution >= 4 is 18.0 Å². The average molecular weight is 394 g/mol. The van der Waals surface area contributed by atoms with Gasteiger partial charge in [0, 0.05) is 11.8 Å². The molecule has 0 aromatic heterocycles. The molecule has 2 amide bonds. The molecule has 0 unspecified atom stereocenters. The third kappa shape index (κ3) is 2.20. The molecule has 1 aliphatic heterocycles. The predicted molar refractivity (Wildman–Crippen MR) is 111 cm³/mol. The highest BCUT2D eigenvalue weighted by molar-refractivity contribution is 6.08. The second-order valence-electron chi connectivity index (χ2n) is 8.09. The first-order valence-corrected chi connectivity index (χ1v) is 10.0. The van der Waals surface area contributed by atoms with Gasteiger partial charge in [0.05, 0.1) is 18.1 Å². The average Bonchev–Trinajstić information content (AvgIpc) is 3.04. The van der Waals surface area contributed by atoms with Gasteiger partial charge in [0.1, 0.15) is 5.75 Å². The predicted octanol–water partition coefficient (Wildman–Crippen LogP) is 3.62. The van der Waals surface area contributed by atoms with E-state index in [1.807, 2.05) is 24.3 Å². The summed E-state index contributed by atoms with van der Waals surface area (Å²) in [5.74, 6) is -1.43. The van der Waals surface area contributed by atoms with Gasteiger partial charge in [-0.15, -0.1) is 0 Å². The fraction of sp³-hybridized carbons (Fsp3) is 0.160. The van der Waals surface area contributed by atoms with Gasteiger partial charge >= 0.3 is 0 Å². The minimum atomic E-state index is -0.427. The number of imide groups is 1. The number of phenolic OH excluding ortho intramolecular Hbond substituents is 1. The van der Waals surface area contributed by atoms with Gasteiger partial charge in [0.25, 0.3) is 11.8 Å². The first-order valence-electron chi connectivity index (χ1n) is 10.0. The van der Waals surface area contributed by atoms with Crippen LogP contribution >= 0.6 is 0 Å². The fourth-order valence-corrected chi connectivity index (χ4v) is 5.46. The van der Waals surface area contributed by atoms with Crippen LogP contribution in [0.2, 0.25) is 0 Å². The van der Waals surface area contributed by atoms with Crippen molar-refractivity contribution in [1.82, 2.24) is 5.01 Å². The van der Waals surface area contributed by atoms with Crippen LogP contribution in [0.3, 0.4) is 0 Å². The molecular formula is C25H18N2O3. The molecule has 2 atom stereocenters. The summed E-state index contributed by atoms with van der Waals surface area (Å²) in [5, 5.41) is 14.7. The zero-order chi connectivity index (χ0) is 20.4. The minimum Gasteiger partial charge on any atom is -0.508 e. The summed E-state index contributed by atoms with van der Waals surface area (Å²) >= 11 is 0. The van der Waals surface area contributed by atoms with Crippen LogP contribution in [0.5, 0.6) is 5.75 Å². The molecule has 1 heterocycles. The second kappa shape index (κ2) is 6.13. The molecule has 30 heavy (non-hydrogen) atoms. The first-order chi connectivity index (χ1) is 14.6. The van der Waals surface area contributed by atoms with Crippen LogP contribution in [0.15, 0.2) is 77.9 Å². The number of amides is 2. The number of hydrazone groups is 1. The van der Waals surface area contributed by atoms with Crippen molar-refractivity contribution < 1.29 is 14.7 Å². The van der Waals surface area contributed by atoms with Crippen LogP contribution in [-0.2, 0) is 9.59 Å². The van der Waals surface area contributed by atoms with E-state index in [0.717, 1.165) is 27.3 Å². The molecule has 146 valence electrons. The quantitative estimate of drug-likeness (QED) is 0.533. The van der Waals surface area contributed by atoms with Crippen LogP contribution in [0.1, 0.15) is 39.7 Å². The Labute approximate surface area is 173 Å². The molecule has 2 bridgehead atoms. The number of nitrogens with zero attached hydrogens (tertiary/aromatic N) is 2. The number of benzene rings is 3. The molecular weight excluding hydrogens is 376 g/mol. The third-order valence-electron chi connectivity index (χ3n) is 6.64. The Kier molecular flexibility index (Phi) is 3.51. The second-order valence-corrected chi connectivity index (χ2v) is 8.09. The van der Waals surface area contributed by atoms with Gasteiger partial charge in [0.2, 0.25) is 0 Å². The molecule has 3 aromatic carbocycles. The number of carbonyl (C=O) groups is 2. The van der Waals surface area contributed by atoms with Gasteiger partial charge in [-0.2, -0.15) is 10.1 Å². The molecule has 0 saturated carbocycles. The van der Waals surface area contributed by atoms with E-state index in [-0.39, 0.29) is 29.4 Å². The highest BCUT2D eigenvalue weighted by Crippen LogP contribution is 2.60. The molecule has 1 saturated heterocycles. The largest absolute Gasteiger partial charge is 0.508 e. The molecule has 5 nitrogen and oxygen atoms in total. The lowest BCUT2D eigenvalue weighted by Crippen LogP contribution is -2.41. The monoisotopic (exact) mass is 394 g/mol. The van der Waals surface area contributed by atoms with E-state index in [4.69, 9.17) is 0 Å². The Morgan fingerprint density at radius 1 is 0.700 bits per heavy atom. The van der Waals surface area contributed by atoms with Crippen LogP contribution in [-0.4, -0.2) is 28.1 Å². The maximum Gasteiger partial charge on any atom is 0.254 e. The van der Waals surface area contributed by atoms with Crippen molar-refractivity contribution in [2.45, 2.75) is 11.8 Å². The highest BCUT2D eigenvalue weighted by atomic mass is 16.3. The Hall–Kier alpha value is -3.73. The Balaban J connectivity index is 1.45. The zero-order valence-corrected chi connectivity index (χ0v) is 16.0. The topological polar surface area (TPSA) is 70.0 Å². The number of aromatic hydroxyl groups is 1. The molecule has 3 aromatic rings.